The van der Waals surface area contributed by atoms with Crippen LogP contribution in [0.4, 0.5) is 0 Å². The summed E-state index contributed by atoms with van der Waals surface area (Å²) in [6.07, 6.45) is 2.77. The summed E-state index contributed by atoms with van der Waals surface area (Å²) in [6, 6.07) is 16.9. The first kappa shape index (κ1) is 24.8. The molecule has 0 spiro atoms. The molecule has 4 rings (SSSR count). The van der Waals surface area contributed by atoms with Gasteiger partial charge in [-0.2, -0.15) is 5.10 Å². The van der Waals surface area contributed by atoms with Gasteiger partial charge in [0.25, 0.3) is 11.8 Å². The van der Waals surface area contributed by atoms with Crippen molar-refractivity contribution in [2.75, 3.05) is 13.4 Å². The van der Waals surface area contributed by atoms with Crippen LogP contribution in [0.3, 0.4) is 0 Å². The average molecular weight is 552 g/mol. The number of nitrogens with one attached hydrogen (secondary N) is 2. The molecule has 0 atom stereocenters. The molecule has 0 saturated heterocycles. The zero-order valence-corrected chi connectivity index (χ0v) is 20.7. The van der Waals surface area contributed by atoms with Gasteiger partial charge in [0.15, 0.2) is 23.0 Å². The van der Waals surface area contributed by atoms with E-state index in [2.05, 4.69) is 31.8 Å². The summed E-state index contributed by atoms with van der Waals surface area (Å²) in [5, 5.41) is 17.0. The van der Waals surface area contributed by atoms with Gasteiger partial charge < -0.3 is 24.6 Å². The molecule has 10 heteroatoms. The molecule has 0 fully saturated rings. The van der Waals surface area contributed by atoms with Gasteiger partial charge in [-0.15, -0.1) is 0 Å². The molecule has 3 aromatic carbocycles. The molecule has 0 aliphatic carbocycles. The molecule has 0 unspecified atom stereocenters. The minimum atomic E-state index is -0.673. The van der Waals surface area contributed by atoms with E-state index in [1.165, 1.54) is 12.3 Å². The molecular formula is C26H22BrN3O6. The van der Waals surface area contributed by atoms with E-state index in [4.69, 9.17) is 14.2 Å². The number of rotatable bonds is 8. The predicted molar refractivity (Wildman–Crippen MR) is 137 cm³/mol. The molecule has 36 heavy (non-hydrogen) atoms. The Morgan fingerprint density at radius 2 is 1.89 bits per heavy atom. The summed E-state index contributed by atoms with van der Waals surface area (Å²) >= 11 is 3.35. The molecule has 0 aromatic heterocycles. The highest BCUT2D eigenvalue weighted by atomic mass is 79.9. The SMILES string of the molecule is CCOc1cc(Br)cc(/C=N/NC(=O)/C(=C\c2ccc3c(c2)OCO3)NC(=O)c2ccccc2)c1O. The lowest BCUT2D eigenvalue weighted by molar-refractivity contribution is -0.117. The third-order valence-electron chi connectivity index (χ3n) is 4.98. The lowest BCUT2D eigenvalue weighted by atomic mass is 10.1. The zero-order valence-electron chi connectivity index (χ0n) is 19.2. The maximum absolute atomic E-state index is 13.0. The second-order valence-corrected chi connectivity index (χ2v) is 8.38. The highest BCUT2D eigenvalue weighted by Gasteiger charge is 2.17. The number of benzene rings is 3. The van der Waals surface area contributed by atoms with E-state index in [-0.39, 0.29) is 24.0 Å². The Hall–Kier alpha value is -4.31. The number of aromatic hydroxyl groups is 1. The summed E-state index contributed by atoms with van der Waals surface area (Å²) in [4.78, 5) is 25.7. The number of phenolic OH excluding ortho intramolecular Hbond substituents is 1. The number of hydrogen-bond acceptors (Lipinski definition) is 7. The largest absolute Gasteiger partial charge is 0.504 e. The fraction of sp³-hybridized carbons (Fsp3) is 0.115. The molecule has 0 bridgehead atoms. The molecule has 1 aliphatic rings. The van der Waals surface area contributed by atoms with E-state index in [1.54, 1.807) is 67.6 Å². The monoisotopic (exact) mass is 551 g/mol. The number of carbonyl (C=O) groups excluding carboxylic acids is 2. The number of halogens is 1. The number of hydrogen-bond donors (Lipinski definition) is 3. The lowest BCUT2D eigenvalue weighted by Crippen LogP contribution is -2.32. The molecule has 184 valence electrons. The van der Waals surface area contributed by atoms with E-state index in [9.17, 15) is 14.7 Å². The topological polar surface area (TPSA) is 118 Å². The van der Waals surface area contributed by atoms with Crippen LogP contribution in [0.5, 0.6) is 23.0 Å². The van der Waals surface area contributed by atoms with Crippen molar-refractivity contribution in [3.8, 4) is 23.0 Å². The van der Waals surface area contributed by atoms with Gasteiger partial charge >= 0.3 is 0 Å². The summed E-state index contributed by atoms with van der Waals surface area (Å²) in [5.74, 6) is 0.146. The van der Waals surface area contributed by atoms with E-state index >= 15 is 0 Å². The minimum absolute atomic E-state index is 0.0478. The van der Waals surface area contributed by atoms with Crippen LogP contribution in [0.2, 0.25) is 0 Å². The number of carbonyl (C=O) groups is 2. The first-order chi connectivity index (χ1) is 17.4. The van der Waals surface area contributed by atoms with Crippen LogP contribution in [0, 0.1) is 0 Å². The fourth-order valence-electron chi connectivity index (χ4n) is 3.29. The molecule has 0 radical (unpaired) electrons. The number of nitrogens with zero attached hydrogens (tertiary/aromatic N) is 1. The molecule has 1 heterocycles. The Kier molecular flexibility index (Phi) is 7.86. The van der Waals surface area contributed by atoms with Crippen molar-refractivity contribution < 1.29 is 28.9 Å². The van der Waals surface area contributed by atoms with Crippen LogP contribution >= 0.6 is 15.9 Å². The van der Waals surface area contributed by atoms with Crippen LogP contribution in [-0.2, 0) is 4.79 Å². The molecule has 9 nitrogen and oxygen atoms in total. The maximum Gasteiger partial charge on any atom is 0.287 e. The van der Waals surface area contributed by atoms with Crippen LogP contribution in [0.1, 0.15) is 28.4 Å². The van der Waals surface area contributed by atoms with E-state index in [0.29, 0.717) is 39.3 Å². The molecule has 2 amide bonds. The van der Waals surface area contributed by atoms with Crippen molar-refractivity contribution in [1.29, 1.82) is 0 Å². The van der Waals surface area contributed by atoms with Gasteiger partial charge in [-0.3, -0.25) is 9.59 Å². The second-order valence-electron chi connectivity index (χ2n) is 7.46. The Morgan fingerprint density at radius 3 is 2.67 bits per heavy atom. The lowest BCUT2D eigenvalue weighted by Gasteiger charge is -2.10. The van der Waals surface area contributed by atoms with Gasteiger partial charge in [-0.25, -0.2) is 5.43 Å². The van der Waals surface area contributed by atoms with Gasteiger partial charge in [0.2, 0.25) is 6.79 Å². The first-order valence-corrected chi connectivity index (χ1v) is 11.7. The Labute approximate surface area is 215 Å². The van der Waals surface area contributed by atoms with Gasteiger partial charge in [-0.05, 0) is 55.0 Å². The van der Waals surface area contributed by atoms with Crippen molar-refractivity contribution >= 4 is 40.0 Å². The van der Waals surface area contributed by atoms with Crippen molar-refractivity contribution in [1.82, 2.24) is 10.7 Å². The van der Waals surface area contributed by atoms with Gasteiger partial charge in [0.05, 0.1) is 12.8 Å². The molecule has 1 aliphatic heterocycles. The van der Waals surface area contributed by atoms with Crippen molar-refractivity contribution in [3.05, 3.63) is 87.5 Å². The fourth-order valence-corrected chi connectivity index (χ4v) is 3.75. The minimum Gasteiger partial charge on any atom is -0.504 e. The molecule has 3 aromatic rings. The van der Waals surface area contributed by atoms with Crippen molar-refractivity contribution in [2.24, 2.45) is 5.10 Å². The highest BCUT2D eigenvalue weighted by molar-refractivity contribution is 9.10. The number of phenols is 1. The van der Waals surface area contributed by atoms with Gasteiger partial charge in [0.1, 0.15) is 5.70 Å². The van der Waals surface area contributed by atoms with Crippen molar-refractivity contribution in [2.45, 2.75) is 6.92 Å². The van der Waals surface area contributed by atoms with Crippen LogP contribution in [-0.4, -0.2) is 36.5 Å². The molecular weight excluding hydrogens is 530 g/mol. The van der Waals surface area contributed by atoms with Crippen molar-refractivity contribution in [3.63, 3.8) is 0 Å². The quantitative estimate of drug-likeness (QED) is 0.219. The smallest absolute Gasteiger partial charge is 0.287 e. The number of ether oxygens (including phenoxy) is 3. The van der Waals surface area contributed by atoms with Crippen LogP contribution < -0.4 is 25.0 Å². The summed E-state index contributed by atoms with van der Waals surface area (Å²) in [5.41, 5.74) is 3.64. The Morgan fingerprint density at radius 1 is 1.11 bits per heavy atom. The molecule has 0 saturated carbocycles. The van der Waals surface area contributed by atoms with E-state index < -0.39 is 11.8 Å². The van der Waals surface area contributed by atoms with Gasteiger partial charge in [-0.1, -0.05) is 40.2 Å². The third-order valence-corrected chi connectivity index (χ3v) is 5.43. The van der Waals surface area contributed by atoms with E-state index in [1.807, 2.05) is 0 Å². The maximum atomic E-state index is 13.0. The molecule has 3 N–H and O–H groups in total. The zero-order chi connectivity index (χ0) is 25.5. The van der Waals surface area contributed by atoms with Crippen LogP contribution in [0.15, 0.2) is 75.9 Å². The third kappa shape index (κ3) is 6.02. The summed E-state index contributed by atoms with van der Waals surface area (Å²) in [7, 11) is 0. The number of amides is 2. The Bertz CT molecular complexity index is 1340. The van der Waals surface area contributed by atoms with E-state index in [0.717, 1.165) is 0 Å². The van der Waals surface area contributed by atoms with Gasteiger partial charge in [0, 0.05) is 15.6 Å². The normalized spacial score (nSPS) is 12.4. The number of fused-ring (bicyclic) bond motifs is 1. The highest BCUT2D eigenvalue weighted by Crippen LogP contribution is 2.34. The summed E-state index contributed by atoms with van der Waals surface area (Å²) < 4.78 is 16.8. The van der Waals surface area contributed by atoms with Crippen LogP contribution in [0.25, 0.3) is 6.08 Å². The average Bonchev–Trinajstić information content (AvgIpc) is 3.35. The predicted octanol–water partition coefficient (Wildman–Crippen LogP) is 4.20. The standard InChI is InChI=1S/C26H22BrN3O6/c1-2-34-23-13-19(27)12-18(24(23)31)14-28-30-26(33)20(29-25(32)17-6-4-3-5-7-17)10-16-8-9-21-22(11-16)36-15-35-21/h3-14,31H,2,15H2,1H3,(H,29,32)(H,30,33)/b20-10+,28-14+. The Balaban J connectivity index is 1.57. The summed E-state index contributed by atoms with van der Waals surface area (Å²) in [6.45, 7) is 2.28. The number of hydrazone groups is 1. The second kappa shape index (κ2) is 11.4. The first-order valence-electron chi connectivity index (χ1n) is 10.9.